The number of halogens is 1. The van der Waals surface area contributed by atoms with Crippen LogP contribution in [-0.2, 0) is 6.42 Å². The zero-order valence-corrected chi connectivity index (χ0v) is 19.5. The predicted molar refractivity (Wildman–Crippen MR) is 126 cm³/mol. The van der Waals surface area contributed by atoms with Crippen LogP contribution in [0.1, 0.15) is 79.3 Å². The average Bonchev–Trinajstić information content (AvgIpc) is 3.36. The molecule has 0 aromatic carbocycles. The molecule has 3 rings (SSSR count). The topological polar surface area (TPSA) is 57.5 Å². The number of allylic oxidation sites excluding steroid dienone is 2. The Balaban J connectivity index is 1.56. The standard InChI is InChI=1S/C25H35ClO3S/c1-2-3-4-11-23(27)18-8-5-7-17(16-18)20-13-14-22(26)21(20)10-6-9-19-12-15-24(30-19)25(28)29/h5,8,12,15-17,20-23,27H,2-4,6-7,9-11,13-14H2,1H3,(H,28,29)/t17?,20?,21-,22-,23?/m1/s1. The quantitative estimate of drug-likeness (QED) is 0.286. The minimum Gasteiger partial charge on any atom is -0.477 e. The van der Waals surface area contributed by atoms with Crippen LogP contribution >= 0.6 is 22.9 Å². The van der Waals surface area contributed by atoms with Crippen molar-refractivity contribution in [3.8, 4) is 0 Å². The molecule has 3 unspecified atom stereocenters. The number of aryl methyl sites for hydroxylation is 1. The molecule has 0 amide bonds. The Morgan fingerprint density at radius 1 is 1.27 bits per heavy atom. The van der Waals surface area contributed by atoms with Crippen LogP contribution < -0.4 is 0 Å². The number of hydrogen-bond donors (Lipinski definition) is 2. The number of carboxylic acids is 1. The van der Waals surface area contributed by atoms with Gasteiger partial charge in [0, 0.05) is 10.3 Å². The van der Waals surface area contributed by atoms with Crippen molar-refractivity contribution in [3.63, 3.8) is 0 Å². The summed E-state index contributed by atoms with van der Waals surface area (Å²) in [7, 11) is 0. The fourth-order valence-electron chi connectivity index (χ4n) is 5.12. The molecular formula is C25H35ClO3S. The first-order chi connectivity index (χ1) is 14.5. The van der Waals surface area contributed by atoms with E-state index in [4.69, 9.17) is 16.7 Å². The molecule has 1 fully saturated rings. The fraction of sp³-hybridized carbons (Fsp3) is 0.640. The number of alkyl halides is 1. The molecule has 0 bridgehead atoms. The number of hydrogen-bond acceptors (Lipinski definition) is 3. The van der Waals surface area contributed by atoms with E-state index in [2.05, 4.69) is 25.2 Å². The van der Waals surface area contributed by atoms with Crippen LogP contribution in [0.3, 0.4) is 0 Å². The molecule has 2 aliphatic carbocycles. The predicted octanol–water partition coefficient (Wildman–Crippen LogP) is 6.85. The molecule has 166 valence electrons. The van der Waals surface area contributed by atoms with Crippen molar-refractivity contribution in [1.29, 1.82) is 0 Å². The fourth-order valence-corrected chi connectivity index (χ4v) is 6.45. The van der Waals surface area contributed by atoms with Gasteiger partial charge in [0.05, 0.1) is 6.10 Å². The molecule has 1 aromatic rings. The van der Waals surface area contributed by atoms with Crippen molar-refractivity contribution in [2.75, 3.05) is 0 Å². The van der Waals surface area contributed by atoms with E-state index in [-0.39, 0.29) is 11.5 Å². The van der Waals surface area contributed by atoms with Gasteiger partial charge in [-0.15, -0.1) is 22.9 Å². The average molecular weight is 451 g/mol. The molecule has 5 atom stereocenters. The van der Waals surface area contributed by atoms with E-state index in [1.54, 1.807) is 6.07 Å². The normalized spacial score (nSPS) is 27.2. The van der Waals surface area contributed by atoms with Crippen LogP contribution in [0, 0.1) is 17.8 Å². The summed E-state index contributed by atoms with van der Waals surface area (Å²) in [5.41, 5.74) is 1.10. The molecule has 0 saturated heterocycles. The first-order valence-electron chi connectivity index (χ1n) is 11.5. The van der Waals surface area contributed by atoms with Crippen molar-refractivity contribution < 1.29 is 15.0 Å². The van der Waals surface area contributed by atoms with Gasteiger partial charge in [0.1, 0.15) is 4.88 Å². The molecule has 0 spiro atoms. The zero-order valence-electron chi connectivity index (χ0n) is 17.9. The Morgan fingerprint density at radius 2 is 2.10 bits per heavy atom. The van der Waals surface area contributed by atoms with Gasteiger partial charge in [0.2, 0.25) is 0 Å². The van der Waals surface area contributed by atoms with E-state index >= 15 is 0 Å². The largest absolute Gasteiger partial charge is 0.477 e. The number of carbonyl (C=O) groups is 1. The highest BCUT2D eigenvalue weighted by Crippen LogP contribution is 2.45. The Morgan fingerprint density at radius 3 is 2.83 bits per heavy atom. The Kier molecular flexibility index (Phi) is 9.03. The van der Waals surface area contributed by atoms with Crippen molar-refractivity contribution in [2.24, 2.45) is 17.8 Å². The number of unbranched alkanes of at least 4 members (excludes halogenated alkanes) is 2. The van der Waals surface area contributed by atoms with E-state index in [0.717, 1.165) is 61.8 Å². The van der Waals surface area contributed by atoms with E-state index in [9.17, 15) is 9.90 Å². The van der Waals surface area contributed by atoms with Gasteiger partial charge in [-0.1, -0.05) is 44.4 Å². The number of aromatic carboxylic acids is 1. The first kappa shape index (κ1) is 23.6. The van der Waals surface area contributed by atoms with Gasteiger partial charge in [0.25, 0.3) is 0 Å². The lowest BCUT2D eigenvalue weighted by atomic mass is 9.76. The second-order valence-electron chi connectivity index (χ2n) is 8.86. The van der Waals surface area contributed by atoms with Gasteiger partial charge >= 0.3 is 5.97 Å². The van der Waals surface area contributed by atoms with Crippen molar-refractivity contribution in [3.05, 3.63) is 45.7 Å². The van der Waals surface area contributed by atoms with Crippen molar-refractivity contribution in [1.82, 2.24) is 0 Å². The lowest BCUT2D eigenvalue weighted by Crippen LogP contribution is -2.24. The summed E-state index contributed by atoms with van der Waals surface area (Å²) in [6.45, 7) is 2.19. The molecular weight excluding hydrogens is 416 g/mol. The molecule has 30 heavy (non-hydrogen) atoms. The van der Waals surface area contributed by atoms with Crippen LogP contribution in [-0.4, -0.2) is 27.7 Å². The van der Waals surface area contributed by atoms with Crippen LogP contribution in [0.25, 0.3) is 0 Å². The lowest BCUT2D eigenvalue weighted by Gasteiger charge is -2.30. The van der Waals surface area contributed by atoms with Gasteiger partial charge in [-0.2, -0.15) is 0 Å². The molecule has 0 aliphatic heterocycles. The molecule has 2 aliphatic rings. The van der Waals surface area contributed by atoms with Crippen LogP contribution in [0.4, 0.5) is 0 Å². The Hall–Kier alpha value is -1.10. The lowest BCUT2D eigenvalue weighted by molar-refractivity contribution is 0.0702. The molecule has 1 saturated carbocycles. The molecule has 1 aromatic heterocycles. The second kappa shape index (κ2) is 11.5. The maximum absolute atomic E-state index is 11.1. The Labute approximate surface area is 189 Å². The van der Waals surface area contributed by atoms with Crippen molar-refractivity contribution >= 4 is 28.9 Å². The van der Waals surface area contributed by atoms with Crippen LogP contribution in [0.15, 0.2) is 35.9 Å². The minimum absolute atomic E-state index is 0.227. The molecule has 0 radical (unpaired) electrons. The first-order valence-corrected chi connectivity index (χ1v) is 12.8. The third kappa shape index (κ3) is 6.21. The zero-order chi connectivity index (χ0) is 21.5. The van der Waals surface area contributed by atoms with Gasteiger partial charge in [0.15, 0.2) is 0 Å². The third-order valence-corrected chi connectivity index (χ3v) is 8.44. The summed E-state index contributed by atoms with van der Waals surface area (Å²) >= 11 is 8.13. The smallest absolute Gasteiger partial charge is 0.345 e. The number of rotatable bonds is 11. The van der Waals surface area contributed by atoms with Crippen LogP contribution in [0.2, 0.25) is 0 Å². The summed E-state index contributed by atoms with van der Waals surface area (Å²) in [4.78, 5) is 12.6. The second-order valence-corrected chi connectivity index (χ2v) is 10.6. The SMILES string of the molecule is CCCCCC(O)C1=CC(C2CC[C@@H](Cl)[C@@H]2CCCc2ccc(C(=O)O)s2)CC=C1. The summed E-state index contributed by atoms with van der Waals surface area (Å²) in [6.07, 6.45) is 17.0. The van der Waals surface area contributed by atoms with E-state index < -0.39 is 5.97 Å². The summed E-state index contributed by atoms with van der Waals surface area (Å²) < 4.78 is 0. The maximum atomic E-state index is 11.1. The molecule has 2 N–H and O–H groups in total. The number of carboxylic acid groups (broad SMARTS) is 1. The Bertz CT molecular complexity index is 753. The highest BCUT2D eigenvalue weighted by atomic mass is 35.5. The molecule has 5 heteroatoms. The third-order valence-electron chi connectivity index (χ3n) is 6.76. The summed E-state index contributed by atoms with van der Waals surface area (Å²) in [5, 5.41) is 19.9. The van der Waals surface area contributed by atoms with Crippen LogP contribution in [0.5, 0.6) is 0 Å². The van der Waals surface area contributed by atoms with Gasteiger partial charge in [-0.05, 0) is 80.4 Å². The van der Waals surface area contributed by atoms with E-state index in [1.165, 1.54) is 24.2 Å². The van der Waals surface area contributed by atoms with E-state index in [1.807, 2.05) is 6.07 Å². The number of aliphatic hydroxyl groups excluding tert-OH is 1. The maximum Gasteiger partial charge on any atom is 0.345 e. The minimum atomic E-state index is -0.840. The number of aliphatic hydroxyl groups is 1. The summed E-state index contributed by atoms with van der Waals surface area (Å²) in [6, 6.07) is 3.65. The van der Waals surface area contributed by atoms with Gasteiger partial charge in [-0.25, -0.2) is 4.79 Å². The van der Waals surface area contributed by atoms with Crippen molar-refractivity contribution in [2.45, 2.75) is 82.6 Å². The number of thiophene rings is 1. The highest BCUT2D eigenvalue weighted by Gasteiger charge is 2.38. The van der Waals surface area contributed by atoms with Gasteiger partial charge in [-0.3, -0.25) is 0 Å². The molecule has 3 nitrogen and oxygen atoms in total. The highest BCUT2D eigenvalue weighted by molar-refractivity contribution is 7.13. The summed E-state index contributed by atoms with van der Waals surface area (Å²) in [5.74, 6) is 0.706. The molecule has 1 heterocycles. The monoisotopic (exact) mass is 450 g/mol. The van der Waals surface area contributed by atoms with Gasteiger partial charge < -0.3 is 10.2 Å². The van der Waals surface area contributed by atoms with E-state index in [0.29, 0.717) is 22.6 Å².